The fourth-order valence-electron chi connectivity index (χ4n) is 2.84. The Bertz CT molecular complexity index is 805. The van der Waals surface area contributed by atoms with Crippen LogP contribution >= 0.6 is 23.5 Å². The van der Waals surface area contributed by atoms with Crippen LogP contribution in [0.1, 0.15) is 5.82 Å². The van der Waals surface area contributed by atoms with Crippen LogP contribution in [-0.4, -0.2) is 63.9 Å². The first-order valence-corrected chi connectivity index (χ1v) is 11.3. The molecule has 1 fully saturated rings. The molecule has 0 bridgehead atoms. The minimum atomic E-state index is -0.0638. The molecule has 7 nitrogen and oxygen atoms in total. The van der Waals surface area contributed by atoms with Crippen LogP contribution in [-0.2, 0) is 22.6 Å². The molecular weight excluding hydrogens is 394 g/mol. The van der Waals surface area contributed by atoms with Crippen LogP contribution in [0.15, 0.2) is 47.0 Å². The number of nitrogens with zero attached hydrogens (tertiary/aromatic N) is 4. The monoisotopic (exact) mass is 419 g/mol. The van der Waals surface area contributed by atoms with Gasteiger partial charge in [-0.05, 0) is 24.5 Å². The predicted octanol–water partition coefficient (Wildman–Crippen LogP) is 2.75. The third kappa shape index (κ3) is 5.84. The second-order valence-corrected chi connectivity index (χ2v) is 8.08. The van der Waals surface area contributed by atoms with E-state index in [2.05, 4.69) is 27.0 Å². The van der Waals surface area contributed by atoms with Crippen LogP contribution in [0.4, 0.5) is 5.69 Å². The lowest BCUT2D eigenvalue weighted by atomic mass is 10.3. The summed E-state index contributed by atoms with van der Waals surface area (Å²) in [6.45, 7) is 8.44. The van der Waals surface area contributed by atoms with Gasteiger partial charge in [-0.3, -0.25) is 9.69 Å². The molecule has 9 heteroatoms. The van der Waals surface area contributed by atoms with E-state index < -0.39 is 0 Å². The molecule has 2 aromatic rings. The molecule has 1 amide bonds. The molecule has 1 aromatic carbocycles. The van der Waals surface area contributed by atoms with E-state index in [1.165, 1.54) is 11.8 Å². The first-order valence-electron chi connectivity index (χ1n) is 9.09. The van der Waals surface area contributed by atoms with Gasteiger partial charge in [0.25, 0.3) is 0 Å². The summed E-state index contributed by atoms with van der Waals surface area (Å²) in [7, 11) is 0. The van der Waals surface area contributed by atoms with Crippen LogP contribution in [0.25, 0.3) is 0 Å². The van der Waals surface area contributed by atoms with Crippen LogP contribution in [0.2, 0.25) is 0 Å². The number of allylic oxidation sites excluding steroid dienone is 1. The zero-order valence-electron chi connectivity index (χ0n) is 16.0. The van der Waals surface area contributed by atoms with Gasteiger partial charge in [-0.2, -0.15) is 0 Å². The topological polar surface area (TPSA) is 72.3 Å². The van der Waals surface area contributed by atoms with Crippen molar-refractivity contribution >= 4 is 35.1 Å². The Hall–Kier alpha value is -1.81. The normalized spacial score (nSPS) is 14.8. The Morgan fingerprint density at radius 1 is 1.36 bits per heavy atom. The molecular formula is C19H25N5O2S2. The number of hydrogen-bond donors (Lipinski definition) is 1. The second kappa shape index (κ2) is 10.7. The Labute approximate surface area is 173 Å². The highest BCUT2D eigenvalue weighted by atomic mass is 32.2. The SMILES string of the molecule is C=CCn1c(CN2CCOCC2)nnc1SCC(=O)Nc1cccc(SC)c1. The van der Waals surface area contributed by atoms with Crippen molar-refractivity contribution in [2.24, 2.45) is 0 Å². The highest BCUT2D eigenvalue weighted by molar-refractivity contribution is 7.99. The molecule has 1 aliphatic heterocycles. The van der Waals surface area contributed by atoms with Gasteiger partial charge in [0.15, 0.2) is 5.16 Å². The maximum Gasteiger partial charge on any atom is 0.234 e. The number of morpholine rings is 1. The minimum absolute atomic E-state index is 0.0638. The maximum absolute atomic E-state index is 12.3. The Balaban J connectivity index is 1.59. The van der Waals surface area contributed by atoms with Crippen molar-refractivity contribution in [3.63, 3.8) is 0 Å². The number of nitrogens with one attached hydrogen (secondary N) is 1. The van der Waals surface area contributed by atoms with E-state index in [1.54, 1.807) is 11.8 Å². The molecule has 150 valence electrons. The second-order valence-electron chi connectivity index (χ2n) is 6.26. The Morgan fingerprint density at radius 3 is 2.93 bits per heavy atom. The van der Waals surface area contributed by atoms with Crippen molar-refractivity contribution in [1.29, 1.82) is 0 Å². The van der Waals surface area contributed by atoms with Gasteiger partial charge in [0.1, 0.15) is 5.82 Å². The molecule has 0 atom stereocenters. The largest absolute Gasteiger partial charge is 0.379 e. The summed E-state index contributed by atoms with van der Waals surface area (Å²) < 4.78 is 7.42. The van der Waals surface area contributed by atoms with Gasteiger partial charge in [0.05, 0.1) is 25.5 Å². The van der Waals surface area contributed by atoms with Gasteiger partial charge >= 0.3 is 0 Å². The average Bonchev–Trinajstić information content (AvgIpc) is 3.09. The maximum atomic E-state index is 12.3. The molecule has 1 aromatic heterocycles. The number of benzene rings is 1. The zero-order chi connectivity index (χ0) is 19.8. The fraction of sp³-hybridized carbons (Fsp3) is 0.421. The van der Waals surface area contributed by atoms with E-state index in [9.17, 15) is 4.79 Å². The van der Waals surface area contributed by atoms with Gasteiger partial charge in [-0.25, -0.2) is 0 Å². The Morgan fingerprint density at radius 2 is 2.18 bits per heavy atom. The molecule has 28 heavy (non-hydrogen) atoms. The third-order valence-corrected chi connectivity index (χ3v) is 5.95. The molecule has 1 saturated heterocycles. The molecule has 0 unspecified atom stereocenters. The molecule has 3 rings (SSSR count). The van der Waals surface area contributed by atoms with Crippen molar-refractivity contribution in [2.75, 3.05) is 43.6 Å². The number of rotatable bonds is 9. The van der Waals surface area contributed by atoms with Crippen LogP contribution in [0, 0.1) is 0 Å². The summed E-state index contributed by atoms with van der Waals surface area (Å²) in [6, 6.07) is 7.81. The zero-order valence-corrected chi connectivity index (χ0v) is 17.6. The van der Waals surface area contributed by atoms with Gasteiger partial charge in [-0.1, -0.05) is 23.9 Å². The highest BCUT2D eigenvalue weighted by Crippen LogP contribution is 2.21. The lowest BCUT2D eigenvalue weighted by Crippen LogP contribution is -2.36. The summed E-state index contributed by atoms with van der Waals surface area (Å²) in [4.78, 5) is 15.8. The van der Waals surface area contributed by atoms with Gasteiger partial charge in [0.2, 0.25) is 5.91 Å². The van der Waals surface area contributed by atoms with Gasteiger partial charge in [0, 0.05) is 30.2 Å². The van der Waals surface area contributed by atoms with Gasteiger partial charge < -0.3 is 14.6 Å². The molecule has 1 N–H and O–H groups in total. The van der Waals surface area contributed by atoms with Crippen LogP contribution < -0.4 is 5.32 Å². The number of amides is 1. The molecule has 0 saturated carbocycles. The number of thioether (sulfide) groups is 2. The first-order chi connectivity index (χ1) is 13.7. The molecule has 2 heterocycles. The van der Waals surface area contributed by atoms with E-state index in [0.717, 1.165) is 54.4 Å². The predicted molar refractivity (Wildman–Crippen MR) is 114 cm³/mol. The highest BCUT2D eigenvalue weighted by Gasteiger charge is 2.18. The quantitative estimate of drug-likeness (QED) is 0.495. The summed E-state index contributed by atoms with van der Waals surface area (Å²) in [5, 5.41) is 12.3. The van der Waals surface area contributed by atoms with E-state index in [4.69, 9.17) is 4.74 Å². The number of hydrogen-bond acceptors (Lipinski definition) is 7. The molecule has 0 spiro atoms. The Kier molecular flexibility index (Phi) is 7.96. The van der Waals surface area contributed by atoms with E-state index >= 15 is 0 Å². The van der Waals surface area contributed by atoms with Gasteiger partial charge in [-0.15, -0.1) is 28.5 Å². The number of ether oxygens (including phenoxy) is 1. The summed E-state index contributed by atoms with van der Waals surface area (Å²) in [5.41, 5.74) is 0.804. The average molecular weight is 420 g/mol. The summed E-state index contributed by atoms with van der Waals surface area (Å²) in [5.74, 6) is 1.10. The van der Waals surface area contributed by atoms with Crippen molar-refractivity contribution < 1.29 is 9.53 Å². The lowest BCUT2D eigenvalue weighted by Gasteiger charge is -2.26. The van der Waals surface area contributed by atoms with E-state index in [-0.39, 0.29) is 11.7 Å². The minimum Gasteiger partial charge on any atom is -0.379 e. The van der Waals surface area contributed by atoms with Crippen LogP contribution in [0.5, 0.6) is 0 Å². The van der Waals surface area contributed by atoms with E-state index in [1.807, 2.05) is 41.2 Å². The van der Waals surface area contributed by atoms with Crippen molar-refractivity contribution in [3.8, 4) is 0 Å². The first kappa shape index (κ1) is 20.9. The summed E-state index contributed by atoms with van der Waals surface area (Å²) >= 11 is 3.03. The third-order valence-electron chi connectivity index (χ3n) is 4.26. The number of carbonyl (C=O) groups excluding carboxylic acids is 1. The van der Waals surface area contributed by atoms with Crippen LogP contribution in [0.3, 0.4) is 0 Å². The van der Waals surface area contributed by atoms with Crippen molar-refractivity contribution in [1.82, 2.24) is 19.7 Å². The number of aromatic nitrogens is 3. The van der Waals surface area contributed by atoms with Crippen molar-refractivity contribution in [2.45, 2.75) is 23.1 Å². The number of carbonyl (C=O) groups is 1. The molecule has 0 radical (unpaired) electrons. The molecule has 1 aliphatic rings. The standard InChI is InChI=1S/C19H25N5O2S2/c1-3-7-24-17(13-23-8-10-26-11-9-23)21-22-19(24)28-14-18(25)20-15-5-4-6-16(12-15)27-2/h3-6,12H,1,7-11,13-14H2,2H3,(H,20,25). The van der Waals surface area contributed by atoms with Crippen molar-refractivity contribution in [3.05, 3.63) is 42.7 Å². The fourth-order valence-corrected chi connectivity index (χ4v) is 4.07. The number of anilines is 1. The summed E-state index contributed by atoms with van der Waals surface area (Å²) in [6.07, 6.45) is 3.84. The molecule has 0 aliphatic carbocycles. The van der Waals surface area contributed by atoms with E-state index in [0.29, 0.717) is 6.54 Å². The smallest absolute Gasteiger partial charge is 0.234 e. The lowest BCUT2D eigenvalue weighted by molar-refractivity contribution is -0.113.